The zero-order valence-corrected chi connectivity index (χ0v) is 12.9. The lowest BCUT2D eigenvalue weighted by molar-refractivity contribution is 0.458. The van der Waals surface area contributed by atoms with Crippen LogP contribution in [0.25, 0.3) is 0 Å². The lowest BCUT2D eigenvalue weighted by atomic mass is 10.1. The molecule has 0 saturated heterocycles. The van der Waals surface area contributed by atoms with Crippen LogP contribution in [0.2, 0.25) is 10.0 Å². The van der Waals surface area contributed by atoms with Gasteiger partial charge in [-0.3, -0.25) is 4.98 Å². The third-order valence-corrected chi connectivity index (χ3v) is 3.33. The maximum Gasteiger partial charge on any atom is 0.138 e. The molecule has 2 aromatic heterocycles. The Labute approximate surface area is 128 Å². The smallest absolute Gasteiger partial charge is 0.138 e. The summed E-state index contributed by atoms with van der Waals surface area (Å²) in [5.74, 6) is 1.32. The Morgan fingerprint density at radius 1 is 1.30 bits per heavy atom. The van der Waals surface area contributed by atoms with E-state index in [4.69, 9.17) is 28.9 Å². The maximum atomic E-state index is 6.17. The average Bonchev–Trinajstić information content (AvgIpc) is 2.75. The highest BCUT2D eigenvalue weighted by Gasteiger charge is 2.16. The zero-order valence-electron chi connectivity index (χ0n) is 11.4. The van der Waals surface area contributed by atoms with Crippen LogP contribution in [0.4, 0.5) is 0 Å². The van der Waals surface area contributed by atoms with Gasteiger partial charge in [0, 0.05) is 19.2 Å². The zero-order chi connectivity index (χ0) is 14.7. The summed E-state index contributed by atoms with van der Waals surface area (Å²) in [6.07, 6.45) is 3.61. The summed E-state index contributed by atoms with van der Waals surface area (Å²) in [5.41, 5.74) is 6.79. The van der Waals surface area contributed by atoms with Gasteiger partial charge in [0.1, 0.15) is 12.2 Å². The largest absolute Gasteiger partial charge is 0.322 e. The molecule has 1 atom stereocenters. The molecule has 2 rings (SSSR count). The van der Waals surface area contributed by atoms with E-state index >= 15 is 0 Å². The van der Waals surface area contributed by atoms with Gasteiger partial charge in [-0.2, -0.15) is 5.10 Å². The minimum atomic E-state index is -0.338. The highest BCUT2D eigenvalue weighted by atomic mass is 35.5. The van der Waals surface area contributed by atoms with Gasteiger partial charge in [0.2, 0.25) is 0 Å². The van der Waals surface area contributed by atoms with E-state index in [1.807, 2.05) is 4.68 Å². The molecular formula is C13H17Cl2N5. The summed E-state index contributed by atoms with van der Waals surface area (Å²) in [5, 5.41) is 5.18. The SMILES string of the molecule is CC(C)Cn1ncnc1CC(N)c1ncc(Cl)cc1Cl. The van der Waals surface area contributed by atoms with Crippen LogP contribution < -0.4 is 5.73 Å². The van der Waals surface area contributed by atoms with Crippen molar-refractivity contribution in [2.75, 3.05) is 0 Å². The second-order valence-corrected chi connectivity index (χ2v) is 5.93. The van der Waals surface area contributed by atoms with Gasteiger partial charge in [-0.1, -0.05) is 37.0 Å². The van der Waals surface area contributed by atoms with Crippen LogP contribution in [-0.2, 0) is 13.0 Å². The van der Waals surface area contributed by atoms with Crippen molar-refractivity contribution in [2.24, 2.45) is 11.7 Å². The average molecular weight is 314 g/mol. The van der Waals surface area contributed by atoms with Gasteiger partial charge < -0.3 is 5.73 Å². The summed E-state index contributed by atoms with van der Waals surface area (Å²) < 4.78 is 1.87. The first-order valence-corrected chi connectivity index (χ1v) is 7.16. The molecule has 0 spiro atoms. The molecule has 0 amide bonds. The number of aromatic nitrogens is 4. The predicted octanol–water partition coefficient (Wildman–Crippen LogP) is 2.88. The van der Waals surface area contributed by atoms with Crippen LogP contribution in [0.15, 0.2) is 18.6 Å². The first-order chi connectivity index (χ1) is 9.47. The molecule has 2 N–H and O–H groups in total. The fourth-order valence-corrected chi connectivity index (χ4v) is 2.46. The number of nitrogens with two attached hydrogens (primary N) is 1. The number of pyridine rings is 1. The van der Waals surface area contributed by atoms with Gasteiger partial charge in [0.05, 0.1) is 21.8 Å². The summed E-state index contributed by atoms with van der Waals surface area (Å²) in [4.78, 5) is 8.46. The van der Waals surface area contributed by atoms with Gasteiger partial charge in [0.15, 0.2) is 0 Å². The summed E-state index contributed by atoms with van der Waals surface area (Å²) in [6.45, 7) is 5.07. The van der Waals surface area contributed by atoms with E-state index in [1.54, 1.807) is 18.6 Å². The van der Waals surface area contributed by atoms with Crippen LogP contribution in [0.3, 0.4) is 0 Å². The van der Waals surface area contributed by atoms with Gasteiger partial charge in [-0.05, 0) is 12.0 Å². The van der Waals surface area contributed by atoms with Gasteiger partial charge in [-0.25, -0.2) is 9.67 Å². The number of hydrogen-bond donors (Lipinski definition) is 1. The van der Waals surface area contributed by atoms with E-state index in [1.165, 1.54) is 0 Å². The monoisotopic (exact) mass is 313 g/mol. The van der Waals surface area contributed by atoms with Crippen molar-refractivity contribution in [2.45, 2.75) is 32.9 Å². The Bertz CT molecular complexity index is 582. The standard InChI is InChI=1S/C13H17Cl2N5/c1-8(2)6-20-12(18-7-19-20)4-11(16)13-10(15)3-9(14)5-17-13/h3,5,7-8,11H,4,6,16H2,1-2H3. The molecule has 0 radical (unpaired) electrons. The summed E-state index contributed by atoms with van der Waals surface area (Å²) in [7, 11) is 0. The molecule has 0 aliphatic heterocycles. The van der Waals surface area contributed by atoms with Crippen LogP contribution in [0.1, 0.15) is 31.4 Å². The molecular weight excluding hydrogens is 297 g/mol. The molecule has 5 nitrogen and oxygen atoms in total. The topological polar surface area (TPSA) is 69.6 Å². The Morgan fingerprint density at radius 2 is 2.05 bits per heavy atom. The van der Waals surface area contributed by atoms with E-state index in [-0.39, 0.29) is 6.04 Å². The van der Waals surface area contributed by atoms with Crippen molar-refractivity contribution in [3.8, 4) is 0 Å². The van der Waals surface area contributed by atoms with Gasteiger partial charge in [-0.15, -0.1) is 0 Å². The normalized spacial score (nSPS) is 12.9. The number of hydrogen-bond acceptors (Lipinski definition) is 4. The van der Waals surface area contributed by atoms with E-state index in [9.17, 15) is 0 Å². The number of halogens is 2. The van der Waals surface area contributed by atoms with Crippen molar-refractivity contribution in [1.82, 2.24) is 19.7 Å². The van der Waals surface area contributed by atoms with E-state index < -0.39 is 0 Å². The third-order valence-electron chi connectivity index (χ3n) is 2.82. The molecule has 0 aliphatic carbocycles. The molecule has 0 fully saturated rings. The molecule has 7 heteroatoms. The Hall–Kier alpha value is -1.17. The predicted molar refractivity (Wildman–Crippen MR) is 79.7 cm³/mol. The van der Waals surface area contributed by atoms with Gasteiger partial charge in [0.25, 0.3) is 0 Å². The molecule has 0 aromatic carbocycles. The second-order valence-electron chi connectivity index (χ2n) is 5.08. The first kappa shape index (κ1) is 15.2. The fourth-order valence-electron chi connectivity index (χ4n) is 1.94. The quantitative estimate of drug-likeness (QED) is 0.921. The molecule has 0 saturated carbocycles. The molecule has 0 aliphatic rings. The molecule has 108 valence electrons. The minimum absolute atomic E-state index is 0.338. The Balaban J connectivity index is 2.15. The molecule has 2 aromatic rings. The van der Waals surface area contributed by atoms with E-state index in [2.05, 4.69) is 28.9 Å². The molecule has 2 heterocycles. The van der Waals surface area contributed by atoms with Crippen molar-refractivity contribution in [3.05, 3.63) is 40.2 Å². The van der Waals surface area contributed by atoms with Crippen LogP contribution in [0, 0.1) is 5.92 Å². The minimum Gasteiger partial charge on any atom is -0.322 e. The Kier molecular flexibility index (Phi) is 4.96. The van der Waals surface area contributed by atoms with Gasteiger partial charge >= 0.3 is 0 Å². The maximum absolute atomic E-state index is 6.17. The van der Waals surface area contributed by atoms with Crippen molar-refractivity contribution in [3.63, 3.8) is 0 Å². The number of nitrogens with zero attached hydrogens (tertiary/aromatic N) is 4. The fraction of sp³-hybridized carbons (Fsp3) is 0.462. The Morgan fingerprint density at radius 3 is 2.70 bits per heavy atom. The molecule has 20 heavy (non-hydrogen) atoms. The van der Waals surface area contributed by atoms with Crippen LogP contribution in [-0.4, -0.2) is 19.7 Å². The van der Waals surface area contributed by atoms with Crippen LogP contribution in [0.5, 0.6) is 0 Å². The lowest BCUT2D eigenvalue weighted by Crippen LogP contribution is -2.19. The van der Waals surface area contributed by atoms with Crippen molar-refractivity contribution in [1.29, 1.82) is 0 Å². The lowest BCUT2D eigenvalue weighted by Gasteiger charge is -2.14. The molecule has 0 bridgehead atoms. The highest BCUT2D eigenvalue weighted by molar-refractivity contribution is 6.34. The summed E-state index contributed by atoms with van der Waals surface area (Å²) in [6, 6.07) is 1.30. The van der Waals surface area contributed by atoms with E-state index in [0.29, 0.717) is 28.1 Å². The second kappa shape index (κ2) is 6.52. The third kappa shape index (κ3) is 3.69. The van der Waals surface area contributed by atoms with Crippen molar-refractivity contribution < 1.29 is 0 Å². The first-order valence-electron chi connectivity index (χ1n) is 6.40. The van der Waals surface area contributed by atoms with E-state index in [0.717, 1.165) is 12.4 Å². The highest BCUT2D eigenvalue weighted by Crippen LogP contribution is 2.24. The number of rotatable bonds is 5. The van der Waals surface area contributed by atoms with Crippen LogP contribution >= 0.6 is 23.2 Å². The molecule has 1 unspecified atom stereocenters. The summed E-state index contributed by atoms with van der Waals surface area (Å²) >= 11 is 12.0. The van der Waals surface area contributed by atoms with Crippen molar-refractivity contribution >= 4 is 23.2 Å².